The van der Waals surface area contributed by atoms with E-state index in [1.165, 1.54) is 0 Å². The summed E-state index contributed by atoms with van der Waals surface area (Å²) in [5.74, 6) is -0.576. The van der Waals surface area contributed by atoms with Crippen LogP contribution in [-0.4, -0.2) is 18.0 Å². The first-order valence-corrected chi connectivity index (χ1v) is 4.91. The van der Waals surface area contributed by atoms with Crippen LogP contribution in [0.2, 0.25) is 0 Å². The van der Waals surface area contributed by atoms with E-state index in [9.17, 15) is 0 Å². The van der Waals surface area contributed by atoms with Crippen molar-refractivity contribution < 1.29 is 9.47 Å². The first kappa shape index (κ1) is 11.2. The minimum Gasteiger partial charge on any atom is -0.347 e. The van der Waals surface area contributed by atoms with Crippen LogP contribution in [0.4, 0.5) is 0 Å². The molecule has 1 fully saturated rings. The van der Waals surface area contributed by atoms with Gasteiger partial charge < -0.3 is 9.47 Å². The van der Waals surface area contributed by atoms with Crippen molar-refractivity contribution in [2.45, 2.75) is 51.1 Å². The van der Waals surface area contributed by atoms with E-state index in [1.807, 2.05) is 19.9 Å². The van der Waals surface area contributed by atoms with Crippen LogP contribution in [0.1, 0.15) is 33.1 Å². The van der Waals surface area contributed by atoms with Gasteiger partial charge in [-0.25, -0.2) is 0 Å². The van der Waals surface area contributed by atoms with Gasteiger partial charge in [-0.05, 0) is 20.3 Å². The molecular weight excluding hydrogens is 178 g/mol. The van der Waals surface area contributed by atoms with Gasteiger partial charge >= 0.3 is 0 Å². The summed E-state index contributed by atoms with van der Waals surface area (Å²) in [5, 5.41) is 8.61. The molecular formula is C11H17NO2. The zero-order valence-corrected chi connectivity index (χ0v) is 8.82. The van der Waals surface area contributed by atoms with E-state index in [-0.39, 0.29) is 12.2 Å². The maximum absolute atomic E-state index is 8.61. The number of rotatable bonds is 3. The normalized spacial score (nSPS) is 30.6. The lowest BCUT2D eigenvalue weighted by atomic mass is 10.0. The molecule has 2 unspecified atom stereocenters. The second-order valence-corrected chi connectivity index (χ2v) is 4.00. The van der Waals surface area contributed by atoms with Crippen LogP contribution in [-0.2, 0) is 9.47 Å². The number of hydrogen-bond donors (Lipinski definition) is 0. The molecule has 1 heterocycles. The Kier molecular flexibility index (Phi) is 3.68. The molecule has 1 aliphatic heterocycles. The molecule has 0 saturated carbocycles. The van der Waals surface area contributed by atoms with Crippen LogP contribution >= 0.6 is 0 Å². The van der Waals surface area contributed by atoms with E-state index in [0.717, 1.165) is 12.8 Å². The molecule has 0 N–H and O–H groups in total. The van der Waals surface area contributed by atoms with Crippen molar-refractivity contribution in [1.82, 2.24) is 0 Å². The summed E-state index contributed by atoms with van der Waals surface area (Å²) in [4.78, 5) is 0. The Morgan fingerprint density at radius 2 is 2.14 bits per heavy atom. The Labute approximate surface area is 85.3 Å². The van der Waals surface area contributed by atoms with E-state index in [0.29, 0.717) is 6.42 Å². The first-order valence-electron chi connectivity index (χ1n) is 4.91. The van der Waals surface area contributed by atoms with Crippen molar-refractivity contribution in [3.8, 4) is 6.07 Å². The molecule has 1 saturated heterocycles. The molecule has 78 valence electrons. The molecule has 3 nitrogen and oxygen atoms in total. The fourth-order valence-electron chi connectivity index (χ4n) is 1.78. The van der Waals surface area contributed by atoms with Gasteiger partial charge in [-0.1, -0.05) is 6.08 Å². The van der Waals surface area contributed by atoms with E-state index in [4.69, 9.17) is 14.7 Å². The summed E-state index contributed by atoms with van der Waals surface area (Å²) in [6, 6.07) is 2.13. The zero-order chi connectivity index (χ0) is 10.6. The number of hydrogen-bond acceptors (Lipinski definition) is 3. The summed E-state index contributed by atoms with van der Waals surface area (Å²) in [7, 11) is 0. The van der Waals surface area contributed by atoms with Crippen LogP contribution in [0.5, 0.6) is 0 Å². The third kappa shape index (κ3) is 3.13. The maximum atomic E-state index is 8.61. The molecule has 0 aliphatic carbocycles. The average molecular weight is 195 g/mol. The van der Waals surface area contributed by atoms with Crippen LogP contribution < -0.4 is 0 Å². The van der Waals surface area contributed by atoms with Crippen molar-refractivity contribution in [2.75, 3.05) is 0 Å². The van der Waals surface area contributed by atoms with Crippen molar-refractivity contribution in [1.29, 1.82) is 5.26 Å². The van der Waals surface area contributed by atoms with Crippen LogP contribution in [0.15, 0.2) is 12.7 Å². The molecule has 0 aromatic heterocycles. The topological polar surface area (TPSA) is 42.2 Å². The van der Waals surface area contributed by atoms with Crippen LogP contribution in [0.3, 0.4) is 0 Å². The van der Waals surface area contributed by atoms with Crippen LogP contribution in [0, 0.1) is 11.3 Å². The van der Waals surface area contributed by atoms with E-state index >= 15 is 0 Å². The highest BCUT2D eigenvalue weighted by Gasteiger charge is 2.34. The number of nitrogens with zero attached hydrogens (tertiary/aromatic N) is 1. The summed E-state index contributed by atoms with van der Waals surface area (Å²) >= 11 is 0. The SMILES string of the molecule is C=CCC1CC(CC#N)OC(C)(C)O1. The molecule has 3 heteroatoms. The van der Waals surface area contributed by atoms with Gasteiger partial charge in [0.2, 0.25) is 0 Å². The van der Waals surface area contributed by atoms with Gasteiger partial charge in [0, 0.05) is 6.42 Å². The standard InChI is InChI=1S/C11H17NO2/c1-4-5-9-8-10(6-7-12)14-11(2,3)13-9/h4,9-10H,1,5-6,8H2,2-3H3. The minimum atomic E-state index is -0.576. The summed E-state index contributed by atoms with van der Waals surface area (Å²) in [6.07, 6.45) is 4.00. The summed E-state index contributed by atoms with van der Waals surface area (Å²) in [6.45, 7) is 7.45. The van der Waals surface area contributed by atoms with Gasteiger partial charge in [-0.15, -0.1) is 6.58 Å². The van der Waals surface area contributed by atoms with E-state index in [2.05, 4.69) is 12.6 Å². The lowest BCUT2D eigenvalue weighted by Gasteiger charge is -2.40. The smallest absolute Gasteiger partial charge is 0.163 e. The predicted molar refractivity (Wildman–Crippen MR) is 53.5 cm³/mol. The Bertz CT molecular complexity index is 242. The summed E-state index contributed by atoms with van der Waals surface area (Å²) in [5.41, 5.74) is 0. The van der Waals surface area contributed by atoms with Crippen molar-refractivity contribution >= 4 is 0 Å². The van der Waals surface area contributed by atoms with Gasteiger partial charge in [0.1, 0.15) is 0 Å². The second-order valence-electron chi connectivity index (χ2n) is 4.00. The van der Waals surface area contributed by atoms with Gasteiger partial charge in [0.05, 0.1) is 24.7 Å². The van der Waals surface area contributed by atoms with Gasteiger partial charge in [0.25, 0.3) is 0 Å². The van der Waals surface area contributed by atoms with Gasteiger partial charge in [-0.2, -0.15) is 5.26 Å². The van der Waals surface area contributed by atoms with Gasteiger partial charge in [-0.3, -0.25) is 0 Å². The second kappa shape index (κ2) is 4.59. The zero-order valence-electron chi connectivity index (χ0n) is 8.82. The minimum absolute atomic E-state index is 0.00583. The molecule has 2 atom stereocenters. The highest BCUT2D eigenvalue weighted by atomic mass is 16.7. The third-order valence-electron chi connectivity index (χ3n) is 2.18. The maximum Gasteiger partial charge on any atom is 0.163 e. The lowest BCUT2D eigenvalue weighted by molar-refractivity contribution is -0.297. The van der Waals surface area contributed by atoms with Crippen molar-refractivity contribution in [2.24, 2.45) is 0 Å². The highest BCUT2D eigenvalue weighted by Crippen LogP contribution is 2.29. The predicted octanol–water partition coefficient (Wildman–Crippen LogP) is 2.39. The molecule has 0 aromatic carbocycles. The number of nitriles is 1. The fraction of sp³-hybridized carbons (Fsp3) is 0.727. The third-order valence-corrected chi connectivity index (χ3v) is 2.18. The fourth-order valence-corrected chi connectivity index (χ4v) is 1.78. The molecule has 14 heavy (non-hydrogen) atoms. The molecule has 0 spiro atoms. The molecule has 1 rings (SSSR count). The highest BCUT2D eigenvalue weighted by molar-refractivity contribution is 4.86. The molecule has 0 radical (unpaired) electrons. The van der Waals surface area contributed by atoms with E-state index in [1.54, 1.807) is 0 Å². The Balaban J connectivity index is 2.57. The Hall–Kier alpha value is -0.850. The first-order chi connectivity index (χ1) is 6.57. The summed E-state index contributed by atoms with van der Waals surface area (Å²) < 4.78 is 11.3. The largest absolute Gasteiger partial charge is 0.347 e. The lowest BCUT2D eigenvalue weighted by Crippen LogP contribution is -2.44. The van der Waals surface area contributed by atoms with Crippen molar-refractivity contribution in [3.05, 3.63) is 12.7 Å². The van der Waals surface area contributed by atoms with Crippen molar-refractivity contribution in [3.63, 3.8) is 0 Å². The van der Waals surface area contributed by atoms with Crippen LogP contribution in [0.25, 0.3) is 0 Å². The monoisotopic (exact) mass is 195 g/mol. The molecule has 0 amide bonds. The van der Waals surface area contributed by atoms with Gasteiger partial charge in [0.15, 0.2) is 5.79 Å². The molecule has 1 aliphatic rings. The molecule has 0 aromatic rings. The molecule has 0 bridgehead atoms. The number of ether oxygens (including phenoxy) is 2. The Morgan fingerprint density at radius 3 is 2.71 bits per heavy atom. The van der Waals surface area contributed by atoms with E-state index < -0.39 is 5.79 Å². The quantitative estimate of drug-likeness (QED) is 0.649. The Morgan fingerprint density at radius 1 is 1.50 bits per heavy atom. The average Bonchev–Trinajstić information content (AvgIpc) is 2.01.